The van der Waals surface area contributed by atoms with Crippen molar-refractivity contribution in [3.63, 3.8) is 0 Å². The number of rotatable bonds is 3. The summed E-state index contributed by atoms with van der Waals surface area (Å²) in [7, 11) is 0. The SMILES string of the molecule is CC(C)(C)NC(=O)NC1=CCC2=CNC(Nc3ccc4nsnc4c3)=NC2N1c1c(Cl)cccc1Cl. The molecule has 9 nitrogen and oxygen atoms in total. The lowest BCUT2D eigenvalue weighted by molar-refractivity contribution is 0.234. The van der Waals surface area contributed by atoms with Crippen molar-refractivity contribution in [2.75, 3.05) is 10.2 Å². The molecule has 0 fully saturated rings. The van der Waals surface area contributed by atoms with Gasteiger partial charge < -0.3 is 16.0 Å². The normalized spacial score (nSPS) is 17.4. The number of carbonyl (C=O) groups excluding carboxylic acids is 1. The number of fused-ring (bicyclic) bond motifs is 2. The lowest BCUT2D eigenvalue weighted by atomic mass is 10.0. The predicted molar refractivity (Wildman–Crippen MR) is 147 cm³/mol. The predicted octanol–water partition coefficient (Wildman–Crippen LogP) is 5.43. The van der Waals surface area contributed by atoms with Crippen LogP contribution in [0, 0.1) is 0 Å². The molecule has 3 aromatic rings. The molecule has 5 rings (SSSR count). The van der Waals surface area contributed by atoms with Crippen molar-refractivity contribution in [2.45, 2.75) is 38.9 Å². The van der Waals surface area contributed by atoms with Crippen LogP contribution < -0.4 is 26.2 Å². The minimum absolute atomic E-state index is 0.337. The summed E-state index contributed by atoms with van der Waals surface area (Å²) in [6.07, 6.45) is 3.91. The highest BCUT2D eigenvalue weighted by atomic mass is 35.5. The van der Waals surface area contributed by atoms with Gasteiger partial charge in [-0.05, 0) is 69.2 Å². The number of allylic oxidation sites excluding steroid dienone is 1. The summed E-state index contributed by atoms with van der Waals surface area (Å²) in [5, 5.41) is 13.3. The summed E-state index contributed by atoms with van der Waals surface area (Å²) >= 11 is 14.4. The van der Waals surface area contributed by atoms with Crippen LogP contribution >= 0.6 is 34.9 Å². The van der Waals surface area contributed by atoms with E-state index in [1.165, 1.54) is 11.7 Å². The van der Waals surface area contributed by atoms with Crippen LogP contribution in [0.4, 0.5) is 16.2 Å². The summed E-state index contributed by atoms with van der Waals surface area (Å²) in [4.78, 5) is 19.6. The number of amides is 2. The fraction of sp³-hybridized carbons (Fsp3) is 0.250. The van der Waals surface area contributed by atoms with E-state index in [-0.39, 0.29) is 6.03 Å². The molecule has 2 aliphatic heterocycles. The highest BCUT2D eigenvalue weighted by Crippen LogP contribution is 2.40. The third-order valence-corrected chi connectivity index (χ3v) is 6.60. The first-order valence-corrected chi connectivity index (χ1v) is 12.7. The summed E-state index contributed by atoms with van der Waals surface area (Å²) < 4.78 is 8.54. The van der Waals surface area contributed by atoms with Crippen molar-refractivity contribution in [3.8, 4) is 0 Å². The number of urea groups is 1. The highest BCUT2D eigenvalue weighted by Gasteiger charge is 2.35. The van der Waals surface area contributed by atoms with Gasteiger partial charge in [0.15, 0.2) is 6.17 Å². The second-order valence-corrected chi connectivity index (χ2v) is 10.7. The van der Waals surface area contributed by atoms with Gasteiger partial charge >= 0.3 is 6.03 Å². The molecule has 2 aliphatic rings. The number of nitrogens with one attached hydrogen (secondary N) is 4. The maximum Gasteiger partial charge on any atom is 0.320 e. The number of benzene rings is 2. The maximum atomic E-state index is 12.8. The van der Waals surface area contributed by atoms with Crippen molar-refractivity contribution in [3.05, 3.63) is 70.1 Å². The largest absolute Gasteiger partial charge is 0.333 e. The zero-order chi connectivity index (χ0) is 25.4. The molecule has 1 unspecified atom stereocenters. The first-order chi connectivity index (χ1) is 17.2. The Hall–Kier alpha value is -3.34. The smallest absolute Gasteiger partial charge is 0.320 e. The van der Waals surface area contributed by atoms with Gasteiger partial charge in [0.2, 0.25) is 5.96 Å². The number of carbonyl (C=O) groups is 1. The number of hydrogen-bond donors (Lipinski definition) is 4. The third kappa shape index (κ3) is 5.11. The number of nitrogens with zero attached hydrogens (tertiary/aromatic N) is 4. The topological polar surface area (TPSA) is 107 Å². The number of para-hydroxylation sites is 1. The van der Waals surface area contributed by atoms with Crippen LogP contribution in [-0.4, -0.2) is 32.4 Å². The highest BCUT2D eigenvalue weighted by molar-refractivity contribution is 7.00. The fourth-order valence-electron chi connectivity index (χ4n) is 3.94. The van der Waals surface area contributed by atoms with Crippen LogP contribution in [0.25, 0.3) is 11.0 Å². The number of halogens is 2. The van der Waals surface area contributed by atoms with Crippen LogP contribution in [0.3, 0.4) is 0 Å². The van der Waals surface area contributed by atoms with Gasteiger partial charge in [-0.1, -0.05) is 29.3 Å². The van der Waals surface area contributed by atoms with E-state index in [0.29, 0.717) is 33.9 Å². The van der Waals surface area contributed by atoms with E-state index in [1.807, 2.05) is 56.1 Å². The number of aliphatic imine (C=N–C) groups is 1. The summed E-state index contributed by atoms with van der Waals surface area (Å²) in [6.45, 7) is 5.75. The Balaban J connectivity index is 1.50. The first kappa shape index (κ1) is 24.4. The van der Waals surface area contributed by atoms with E-state index < -0.39 is 11.7 Å². The fourth-order valence-corrected chi connectivity index (χ4v) is 5.03. The van der Waals surface area contributed by atoms with Gasteiger partial charge in [-0.2, -0.15) is 8.75 Å². The summed E-state index contributed by atoms with van der Waals surface area (Å²) in [5.41, 5.74) is 3.59. The second-order valence-electron chi connectivity index (χ2n) is 9.37. The van der Waals surface area contributed by atoms with Gasteiger partial charge in [-0.15, -0.1) is 0 Å². The molecular weight excluding hydrogens is 519 g/mol. The molecule has 0 spiro atoms. The Morgan fingerprint density at radius 3 is 2.64 bits per heavy atom. The van der Waals surface area contributed by atoms with Crippen molar-refractivity contribution in [1.29, 1.82) is 0 Å². The Bertz CT molecular complexity index is 1400. The van der Waals surface area contributed by atoms with Crippen molar-refractivity contribution in [1.82, 2.24) is 24.7 Å². The molecule has 2 amide bonds. The first-order valence-electron chi connectivity index (χ1n) is 11.2. The van der Waals surface area contributed by atoms with Gasteiger partial charge in [-0.3, -0.25) is 10.2 Å². The average molecular weight is 543 g/mol. The zero-order valence-corrected chi connectivity index (χ0v) is 22.1. The number of hydrogen-bond acceptors (Lipinski definition) is 8. The molecule has 1 atom stereocenters. The molecule has 3 heterocycles. The monoisotopic (exact) mass is 542 g/mol. The molecule has 36 heavy (non-hydrogen) atoms. The van der Waals surface area contributed by atoms with Crippen molar-refractivity contribution < 1.29 is 4.79 Å². The Morgan fingerprint density at radius 2 is 1.89 bits per heavy atom. The van der Waals surface area contributed by atoms with Gasteiger partial charge in [0.05, 0.1) is 27.5 Å². The molecular formula is C24H24Cl2N8OS. The van der Waals surface area contributed by atoms with Gasteiger partial charge in [0, 0.05) is 17.4 Å². The van der Waals surface area contributed by atoms with Crippen LogP contribution in [0.1, 0.15) is 27.2 Å². The van der Waals surface area contributed by atoms with Gasteiger partial charge in [0.1, 0.15) is 16.9 Å². The molecule has 186 valence electrons. The zero-order valence-electron chi connectivity index (χ0n) is 19.8. The molecule has 0 saturated carbocycles. The van der Waals surface area contributed by atoms with Gasteiger partial charge in [-0.25, -0.2) is 9.79 Å². The van der Waals surface area contributed by atoms with Crippen molar-refractivity contribution in [2.24, 2.45) is 4.99 Å². The van der Waals surface area contributed by atoms with Crippen LogP contribution in [-0.2, 0) is 0 Å². The summed E-state index contributed by atoms with van der Waals surface area (Å²) in [6, 6.07) is 10.7. The molecule has 0 saturated heterocycles. The molecule has 0 radical (unpaired) electrons. The van der Waals surface area contributed by atoms with E-state index in [4.69, 9.17) is 28.2 Å². The lowest BCUT2D eigenvalue weighted by Crippen LogP contribution is -2.52. The van der Waals surface area contributed by atoms with E-state index in [1.54, 1.807) is 18.2 Å². The molecule has 0 aliphatic carbocycles. The molecule has 12 heteroatoms. The maximum absolute atomic E-state index is 12.8. The van der Waals surface area contributed by atoms with Crippen LogP contribution in [0.2, 0.25) is 10.0 Å². The minimum Gasteiger partial charge on any atom is -0.333 e. The summed E-state index contributed by atoms with van der Waals surface area (Å²) in [5.74, 6) is 1.06. The van der Waals surface area contributed by atoms with E-state index >= 15 is 0 Å². The molecule has 2 aromatic carbocycles. The molecule has 1 aromatic heterocycles. The quantitative estimate of drug-likeness (QED) is 0.351. The standard InChI is InChI=1S/C24H24Cl2N8OS/c1-24(2,3)31-23(35)29-19-10-7-13-12-27-22(28-14-8-9-17-18(11-14)33-36-32-17)30-21(13)34(19)20-15(25)5-4-6-16(20)26/h4-6,8-12,21H,7H2,1-3H3,(H2,27,28,30)(H2,29,31,35). The molecule has 4 N–H and O–H groups in total. The Labute approximate surface area is 222 Å². The number of aromatic nitrogens is 2. The third-order valence-electron chi connectivity index (χ3n) is 5.44. The van der Waals surface area contributed by atoms with E-state index in [9.17, 15) is 4.79 Å². The van der Waals surface area contributed by atoms with E-state index in [0.717, 1.165) is 22.3 Å². The number of anilines is 2. The molecule has 0 bridgehead atoms. The lowest BCUT2D eigenvalue weighted by Gasteiger charge is -2.40. The number of guanidine groups is 1. The van der Waals surface area contributed by atoms with Crippen LogP contribution in [0.15, 0.2) is 65.1 Å². The second kappa shape index (κ2) is 9.61. The van der Waals surface area contributed by atoms with Crippen molar-refractivity contribution >= 4 is 69.3 Å². The average Bonchev–Trinajstić information content (AvgIpc) is 3.27. The Morgan fingerprint density at radius 1 is 1.14 bits per heavy atom. The Kier molecular flexibility index (Phi) is 6.50. The van der Waals surface area contributed by atoms with Crippen LogP contribution in [0.5, 0.6) is 0 Å². The van der Waals surface area contributed by atoms with E-state index in [2.05, 4.69) is 30.0 Å². The minimum atomic E-state index is -0.495. The van der Waals surface area contributed by atoms with Gasteiger partial charge in [0.25, 0.3) is 0 Å².